The molecule has 0 saturated carbocycles. The molecule has 2 heterocycles. The molecule has 0 fully saturated rings. The van der Waals surface area contributed by atoms with Crippen LogP contribution in [0.15, 0.2) is 48.5 Å². The molecule has 0 bridgehead atoms. The molecule has 0 aliphatic rings. The molecule has 0 saturated heterocycles. The average Bonchev–Trinajstić information content (AvgIpc) is 3.24. The van der Waals surface area contributed by atoms with Crippen molar-refractivity contribution in [2.45, 2.75) is 40.4 Å². The quantitative estimate of drug-likeness (QED) is 0.435. The third-order valence-electron chi connectivity index (χ3n) is 5.51. The minimum atomic E-state index is -0.160. The highest BCUT2D eigenvalue weighted by Crippen LogP contribution is 2.24. The Hall–Kier alpha value is -3.12. The molecule has 0 aliphatic carbocycles. The van der Waals surface area contributed by atoms with Gasteiger partial charge >= 0.3 is 0 Å². The van der Waals surface area contributed by atoms with Gasteiger partial charge in [0.2, 0.25) is 0 Å². The van der Waals surface area contributed by atoms with Crippen LogP contribution in [-0.2, 0) is 19.6 Å². The first-order valence-corrected chi connectivity index (χ1v) is 10.7. The fourth-order valence-electron chi connectivity index (χ4n) is 3.84. The third kappa shape index (κ3) is 4.08. The highest BCUT2D eigenvalue weighted by molar-refractivity contribution is 6.33. The Kier molecular flexibility index (Phi) is 5.83. The molecule has 160 valence electrons. The van der Waals surface area contributed by atoms with E-state index in [9.17, 15) is 4.79 Å². The van der Waals surface area contributed by atoms with Gasteiger partial charge in [-0.2, -0.15) is 5.10 Å². The van der Waals surface area contributed by atoms with E-state index in [-0.39, 0.29) is 5.91 Å². The number of rotatable bonds is 6. The molecule has 7 heteroatoms. The average molecular weight is 436 g/mol. The summed E-state index contributed by atoms with van der Waals surface area (Å²) in [7, 11) is 1.77. The van der Waals surface area contributed by atoms with Gasteiger partial charge in [0.1, 0.15) is 11.0 Å². The summed E-state index contributed by atoms with van der Waals surface area (Å²) in [6, 6.07) is 16.2. The molecule has 2 aromatic heterocycles. The fourth-order valence-corrected chi connectivity index (χ4v) is 4.16. The number of benzene rings is 2. The summed E-state index contributed by atoms with van der Waals surface area (Å²) in [4.78, 5) is 19.6. The summed E-state index contributed by atoms with van der Waals surface area (Å²) in [5, 5.41) is 4.88. The van der Waals surface area contributed by atoms with E-state index in [2.05, 4.69) is 28.7 Å². The third-order valence-corrected chi connectivity index (χ3v) is 5.89. The number of nitrogens with zero attached hydrogens (tertiary/aromatic N) is 5. The molecule has 0 atom stereocenters. The van der Waals surface area contributed by atoms with Crippen molar-refractivity contribution in [1.82, 2.24) is 24.2 Å². The number of carbonyl (C=O) groups is 1. The maximum atomic E-state index is 13.3. The van der Waals surface area contributed by atoms with E-state index in [0.29, 0.717) is 29.5 Å². The second kappa shape index (κ2) is 8.55. The number of imidazole rings is 1. The molecular weight excluding hydrogens is 410 g/mol. The first-order chi connectivity index (χ1) is 14.9. The number of halogens is 1. The van der Waals surface area contributed by atoms with E-state index in [1.54, 1.807) is 16.6 Å². The van der Waals surface area contributed by atoms with E-state index in [1.807, 2.05) is 50.2 Å². The fraction of sp³-hybridized carbons (Fsp3) is 0.292. The van der Waals surface area contributed by atoms with Crippen LogP contribution >= 0.6 is 11.6 Å². The van der Waals surface area contributed by atoms with E-state index in [4.69, 9.17) is 16.6 Å². The molecule has 0 aliphatic heterocycles. The van der Waals surface area contributed by atoms with Crippen molar-refractivity contribution >= 4 is 28.5 Å². The monoisotopic (exact) mass is 435 g/mol. The predicted octanol–water partition coefficient (Wildman–Crippen LogP) is 4.84. The molecule has 4 rings (SSSR count). The van der Waals surface area contributed by atoms with Crippen LogP contribution in [0, 0.1) is 13.8 Å². The van der Waals surface area contributed by atoms with Gasteiger partial charge in [0.15, 0.2) is 0 Å². The second-order valence-electron chi connectivity index (χ2n) is 7.82. The molecule has 0 N–H and O–H groups in total. The lowest BCUT2D eigenvalue weighted by Gasteiger charge is -2.17. The number of aromatic nitrogens is 4. The second-order valence-corrected chi connectivity index (χ2v) is 8.17. The molecule has 0 unspecified atom stereocenters. The van der Waals surface area contributed by atoms with Crippen LogP contribution in [0.25, 0.3) is 11.0 Å². The number of hydrogen-bond acceptors (Lipinski definition) is 3. The van der Waals surface area contributed by atoms with Crippen LogP contribution in [0.1, 0.15) is 39.9 Å². The largest absolute Gasteiger partial charge is 0.334 e. The summed E-state index contributed by atoms with van der Waals surface area (Å²) < 4.78 is 3.82. The zero-order chi connectivity index (χ0) is 22.1. The zero-order valence-corrected chi connectivity index (χ0v) is 19.0. The number of carbonyl (C=O) groups excluding carboxylic acids is 1. The number of amides is 1. The van der Waals surface area contributed by atoms with Crippen molar-refractivity contribution in [3.63, 3.8) is 0 Å². The highest BCUT2D eigenvalue weighted by Gasteiger charge is 2.24. The maximum Gasteiger partial charge on any atom is 0.259 e. The summed E-state index contributed by atoms with van der Waals surface area (Å²) in [6.07, 6.45) is 0. The SMILES string of the molecule is CCn1c(CN(C)C(=O)c2c(C)nn(Cc3ccc(C)cc3)c2Cl)nc2ccccc21. The van der Waals surface area contributed by atoms with Gasteiger partial charge < -0.3 is 9.47 Å². The van der Waals surface area contributed by atoms with E-state index >= 15 is 0 Å². The van der Waals surface area contributed by atoms with Gasteiger partial charge in [0.25, 0.3) is 5.91 Å². The smallest absolute Gasteiger partial charge is 0.259 e. The Morgan fingerprint density at radius 1 is 1.10 bits per heavy atom. The van der Waals surface area contributed by atoms with Crippen LogP contribution in [-0.4, -0.2) is 37.2 Å². The lowest BCUT2D eigenvalue weighted by molar-refractivity contribution is 0.0779. The van der Waals surface area contributed by atoms with Crippen molar-refractivity contribution in [1.29, 1.82) is 0 Å². The summed E-state index contributed by atoms with van der Waals surface area (Å²) in [5.41, 5.74) is 5.34. The molecule has 2 aromatic carbocycles. The van der Waals surface area contributed by atoms with Crippen LogP contribution in [0.4, 0.5) is 0 Å². The van der Waals surface area contributed by atoms with Crippen molar-refractivity contribution in [3.05, 3.63) is 81.9 Å². The lowest BCUT2D eigenvalue weighted by Crippen LogP contribution is -2.28. The van der Waals surface area contributed by atoms with Crippen molar-refractivity contribution < 1.29 is 4.79 Å². The summed E-state index contributed by atoms with van der Waals surface area (Å²) >= 11 is 6.61. The van der Waals surface area contributed by atoms with Crippen molar-refractivity contribution in [2.24, 2.45) is 0 Å². The van der Waals surface area contributed by atoms with Gasteiger partial charge in [-0.1, -0.05) is 53.6 Å². The standard InChI is InChI=1S/C24H26ClN5O/c1-5-29-20-9-7-6-8-19(20)26-21(29)15-28(4)24(31)22-17(3)27-30(23(22)25)14-18-12-10-16(2)11-13-18/h6-13H,5,14-15H2,1-4H3. The highest BCUT2D eigenvalue weighted by atomic mass is 35.5. The number of para-hydroxylation sites is 2. The van der Waals surface area contributed by atoms with Gasteiger partial charge in [-0.15, -0.1) is 0 Å². The summed E-state index contributed by atoms with van der Waals surface area (Å²) in [6.45, 7) is 7.64. The van der Waals surface area contributed by atoms with Gasteiger partial charge in [-0.25, -0.2) is 9.67 Å². The van der Waals surface area contributed by atoms with E-state index < -0.39 is 0 Å². The number of aryl methyl sites for hydroxylation is 3. The topological polar surface area (TPSA) is 56.0 Å². The first-order valence-electron chi connectivity index (χ1n) is 10.4. The van der Waals surface area contributed by atoms with E-state index in [1.165, 1.54) is 5.56 Å². The molecule has 0 radical (unpaired) electrons. The Morgan fingerprint density at radius 3 is 2.52 bits per heavy atom. The van der Waals surface area contributed by atoms with E-state index in [0.717, 1.165) is 29.0 Å². The molecule has 31 heavy (non-hydrogen) atoms. The lowest BCUT2D eigenvalue weighted by atomic mass is 10.1. The zero-order valence-electron chi connectivity index (χ0n) is 18.3. The predicted molar refractivity (Wildman–Crippen MR) is 123 cm³/mol. The van der Waals surface area contributed by atoms with Gasteiger partial charge in [0, 0.05) is 13.6 Å². The Balaban J connectivity index is 1.58. The number of hydrogen-bond donors (Lipinski definition) is 0. The molecule has 4 aromatic rings. The number of fused-ring (bicyclic) bond motifs is 1. The van der Waals surface area contributed by atoms with Crippen LogP contribution in [0.2, 0.25) is 5.15 Å². The van der Waals surface area contributed by atoms with Gasteiger partial charge in [0.05, 0.1) is 35.4 Å². The van der Waals surface area contributed by atoms with Crippen molar-refractivity contribution in [2.75, 3.05) is 7.05 Å². The van der Waals surface area contributed by atoms with Gasteiger partial charge in [-0.05, 0) is 38.5 Å². The van der Waals surface area contributed by atoms with Crippen LogP contribution in [0.3, 0.4) is 0 Å². The minimum Gasteiger partial charge on any atom is -0.334 e. The summed E-state index contributed by atoms with van der Waals surface area (Å²) in [5.74, 6) is 0.688. The Morgan fingerprint density at radius 2 is 1.81 bits per heavy atom. The molecular formula is C24H26ClN5O. The minimum absolute atomic E-state index is 0.160. The van der Waals surface area contributed by atoms with Crippen LogP contribution < -0.4 is 0 Å². The maximum absolute atomic E-state index is 13.3. The Labute approximate surface area is 187 Å². The normalized spacial score (nSPS) is 11.3. The van der Waals surface area contributed by atoms with Crippen molar-refractivity contribution in [3.8, 4) is 0 Å². The first kappa shape index (κ1) is 21.1. The van der Waals surface area contributed by atoms with Crippen LogP contribution in [0.5, 0.6) is 0 Å². The van der Waals surface area contributed by atoms with Gasteiger partial charge in [-0.3, -0.25) is 4.79 Å². The molecule has 6 nitrogen and oxygen atoms in total. The Bertz CT molecular complexity index is 1240. The molecule has 0 spiro atoms. The molecule has 1 amide bonds.